The molecule has 1 aromatic rings. The number of carbonyl (C=O) groups excluding carboxylic acids is 2. The molecule has 4 nitrogen and oxygen atoms in total. The van der Waals surface area contributed by atoms with Crippen molar-refractivity contribution in [1.82, 2.24) is 9.80 Å². The molecule has 1 aromatic carbocycles. The van der Waals surface area contributed by atoms with Gasteiger partial charge in [-0.1, -0.05) is 38.1 Å². The van der Waals surface area contributed by atoms with E-state index in [1.165, 1.54) is 11.1 Å². The Hall–Kier alpha value is -1.49. The zero-order valence-electron chi connectivity index (χ0n) is 14.4. The van der Waals surface area contributed by atoms with Crippen LogP contribution in [0.3, 0.4) is 0 Å². The third-order valence-electron chi connectivity index (χ3n) is 4.22. The molecule has 1 aliphatic heterocycles. The van der Waals surface area contributed by atoms with Crippen LogP contribution in [0.4, 0.5) is 0 Å². The van der Waals surface area contributed by atoms with E-state index in [0.717, 1.165) is 0 Å². The third-order valence-corrected chi connectivity index (χ3v) is 5.46. The van der Waals surface area contributed by atoms with Crippen LogP contribution >= 0.6 is 11.8 Å². The fourth-order valence-corrected chi connectivity index (χ4v) is 4.15. The largest absolute Gasteiger partial charge is 0.341 e. The van der Waals surface area contributed by atoms with Crippen molar-refractivity contribution in [3.63, 3.8) is 0 Å². The molecule has 1 heterocycles. The first kappa shape index (κ1) is 17.9. The number of carbonyl (C=O) groups is 2. The number of rotatable bonds is 6. The molecule has 2 amide bonds. The SMILES string of the molecule is CCN(CCN1C(=O)CS[C@@H]1c1ccccc1C)C(=O)C(C)C. The Morgan fingerprint density at radius 3 is 2.70 bits per heavy atom. The minimum Gasteiger partial charge on any atom is -0.341 e. The van der Waals surface area contributed by atoms with Crippen molar-refractivity contribution >= 4 is 23.6 Å². The van der Waals surface area contributed by atoms with Gasteiger partial charge in [0.05, 0.1) is 5.75 Å². The summed E-state index contributed by atoms with van der Waals surface area (Å²) in [5.74, 6) is 0.824. The maximum Gasteiger partial charge on any atom is 0.233 e. The number of hydrogen-bond acceptors (Lipinski definition) is 3. The Balaban J connectivity index is 2.09. The van der Waals surface area contributed by atoms with Gasteiger partial charge in [0.15, 0.2) is 0 Å². The highest BCUT2D eigenvalue weighted by Gasteiger charge is 2.33. The van der Waals surface area contributed by atoms with Crippen LogP contribution < -0.4 is 0 Å². The van der Waals surface area contributed by atoms with Crippen LogP contribution in [0.2, 0.25) is 0 Å². The zero-order valence-corrected chi connectivity index (χ0v) is 15.2. The van der Waals surface area contributed by atoms with Gasteiger partial charge in [-0.05, 0) is 25.0 Å². The van der Waals surface area contributed by atoms with E-state index in [1.807, 2.05) is 42.7 Å². The Morgan fingerprint density at radius 1 is 1.39 bits per heavy atom. The summed E-state index contributed by atoms with van der Waals surface area (Å²) in [4.78, 5) is 28.2. The van der Waals surface area contributed by atoms with Crippen molar-refractivity contribution in [3.8, 4) is 0 Å². The first-order valence-electron chi connectivity index (χ1n) is 8.21. The topological polar surface area (TPSA) is 40.6 Å². The van der Waals surface area contributed by atoms with Gasteiger partial charge in [-0.25, -0.2) is 0 Å². The van der Waals surface area contributed by atoms with E-state index in [1.54, 1.807) is 11.8 Å². The van der Waals surface area contributed by atoms with Crippen LogP contribution in [0.1, 0.15) is 37.3 Å². The second-order valence-electron chi connectivity index (χ2n) is 6.18. The van der Waals surface area contributed by atoms with Gasteiger partial charge >= 0.3 is 0 Å². The van der Waals surface area contributed by atoms with Crippen LogP contribution in [0.5, 0.6) is 0 Å². The third kappa shape index (κ3) is 4.08. The average molecular weight is 334 g/mol. The molecule has 1 saturated heterocycles. The highest BCUT2D eigenvalue weighted by Crippen LogP contribution is 2.39. The van der Waals surface area contributed by atoms with Crippen LogP contribution in [0.25, 0.3) is 0 Å². The predicted molar refractivity (Wildman–Crippen MR) is 95.2 cm³/mol. The van der Waals surface area contributed by atoms with Crippen molar-refractivity contribution in [1.29, 1.82) is 0 Å². The van der Waals surface area contributed by atoms with E-state index in [2.05, 4.69) is 19.1 Å². The fourth-order valence-electron chi connectivity index (χ4n) is 2.84. The Morgan fingerprint density at radius 2 is 2.09 bits per heavy atom. The van der Waals surface area contributed by atoms with E-state index in [4.69, 9.17) is 0 Å². The molecule has 0 aromatic heterocycles. The lowest BCUT2D eigenvalue weighted by Gasteiger charge is -2.29. The Labute approximate surface area is 143 Å². The molecule has 0 spiro atoms. The van der Waals surface area contributed by atoms with E-state index in [9.17, 15) is 9.59 Å². The summed E-state index contributed by atoms with van der Waals surface area (Å²) in [5.41, 5.74) is 2.40. The van der Waals surface area contributed by atoms with Crippen LogP contribution in [-0.4, -0.2) is 47.0 Å². The minimum absolute atomic E-state index is 0.00855. The molecular weight excluding hydrogens is 308 g/mol. The normalized spacial score (nSPS) is 17.9. The molecule has 126 valence electrons. The van der Waals surface area contributed by atoms with Crippen molar-refractivity contribution in [2.75, 3.05) is 25.4 Å². The molecule has 0 bridgehead atoms. The molecule has 0 N–H and O–H groups in total. The summed E-state index contributed by atoms with van der Waals surface area (Å²) in [6.45, 7) is 9.77. The van der Waals surface area contributed by atoms with Crippen molar-refractivity contribution in [3.05, 3.63) is 35.4 Å². The fraction of sp³-hybridized carbons (Fsp3) is 0.556. The number of amides is 2. The van der Waals surface area contributed by atoms with Gasteiger partial charge < -0.3 is 9.80 Å². The lowest BCUT2D eigenvalue weighted by atomic mass is 10.1. The number of thioether (sulfide) groups is 1. The van der Waals surface area contributed by atoms with E-state index in [-0.39, 0.29) is 23.1 Å². The second kappa shape index (κ2) is 7.86. The molecular formula is C18H26N2O2S. The number of benzene rings is 1. The van der Waals surface area contributed by atoms with Crippen molar-refractivity contribution in [2.45, 2.75) is 33.1 Å². The predicted octanol–water partition coefficient (Wildman–Crippen LogP) is 3.07. The highest BCUT2D eigenvalue weighted by molar-refractivity contribution is 8.00. The zero-order chi connectivity index (χ0) is 17.0. The Kier molecular flexibility index (Phi) is 6.10. The second-order valence-corrected chi connectivity index (χ2v) is 7.25. The molecule has 0 unspecified atom stereocenters. The first-order valence-corrected chi connectivity index (χ1v) is 9.26. The van der Waals surface area contributed by atoms with Gasteiger partial charge in [0.25, 0.3) is 0 Å². The molecule has 0 radical (unpaired) electrons. The number of aryl methyl sites for hydroxylation is 1. The average Bonchev–Trinajstić information content (AvgIpc) is 2.89. The summed E-state index contributed by atoms with van der Waals surface area (Å²) < 4.78 is 0. The van der Waals surface area contributed by atoms with Crippen LogP contribution in [-0.2, 0) is 9.59 Å². The van der Waals surface area contributed by atoms with Crippen molar-refractivity contribution < 1.29 is 9.59 Å². The quantitative estimate of drug-likeness (QED) is 0.803. The summed E-state index contributed by atoms with van der Waals surface area (Å²) in [5, 5.41) is 0.0663. The molecule has 0 saturated carbocycles. The maximum absolute atomic E-state index is 12.3. The van der Waals surface area contributed by atoms with E-state index in [0.29, 0.717) is 25.4 Å². The molecule has 5 heteroatoms. The molecule has 1 atom stereocenters. The summed E-state index contributed by atoms with van der Waals surface area (Å²) in [7, 11) is 0. The van der Waals surface area contributed by atoms with Gasteiger partial charge in [-0.2, -0.15) is 0 Å². The van der Waals surface area contributed by atoms with Gasteiger partial charge in [-0.15, -0.1) is 11.8 Å². The number of likely N-dealkylation sites (N-methyl/N-ethyl adjacent to an activating group) is 1. The molecule has 1 fully saturated rings. The van der Waals surface area contributed by atoms with Crippen LogP contribution in [0.15, 0.2) is 24.3 Å². The van der Waals surface area contributed by atoms with Crippen LogP contribution in [0, 0.1) is 12.8 Å². The summed E-state index contributed by atoms with van der Waals surface area (Å²) in [6.07, 6.45) is 0. The number of nitrogens with zero attached hydrogens (tertiary/aromatic N) is 2. The molecule has 1 aliphatic rings. The first-order chi connectivity index (χ1) is 11.0. The van der Waals surface area contributed by atoms with Gasteiger partial charge in [0.1, 0.15) is 5.37 Å². The minimum atomic E-state index is -0.00855. The maximum atomic E-state index is 12.3. The highest BCUT2D eigenvalue weighted by atomic mass is 32.2. The summed E-state index contributed by atoms with van der Waals surface area (Å²) >= 11 is 1.67. The van der Waals surface area contributed by atoms with E-state index >= 15 is 0 Å². The monoisotopic (exact) mass is 334 g/mol. The smallest absolute Gasteiger partial charge is 0.233 e. The summed E-state index contributed by atoms with van der Waals surface area (Å²) in [6, 6.07) is 8.21. The molecule has 23 heavy (non-hydrogen) atoms. The Bertz CT molecular complexity index is 574. The van der Waals surface area contributed by atoms with Crippen molar-refractivity contribution in [2.24, 2.45) is 5.92 Å². The molecule has 0 aliphatic carbocycles. The molecule has 2 rings (SSSR count). The lowest BCUT2D eigenvalue weighted by molar-refractivity contribution is -0.136. The lowest BCUT2D eigenvalue weighted by Crippen LogP contribution is -2.41. The van der Waals surface area contributed by atoms with Gasteiger partial charge in [-0.3, -0.25) is 9.59 Å². The van der Waals surface area contributed by atoms with Gasteiger partial charge in [0.2, 0.25) is 11.8 Å². The van der Waals surface area contributed by atoms with E-state index < -0.39 is 0 Å². The number of hydrogen-bond donors (Lipinski definition) is 0. The van der Waals surface area contributed by atoms with Gasteiger partial charge in [0, 0.05) is 25.6 Å². The standard InChI is InChI=1S/C18H26N2O2S/c1-5-19(17(22)13(2)3)10-11-20-16(21)12-23-18(20)15-9-7-6-8-14(15)4/h6-9,13,18H,5,10-12H2,1-4H3/t18-/m1/s1.